The zero-order chi connectivity index (χ0) is 29.3. The SMILES string of the molecule is CC(C)(C)OC(=O)N1CCN(c2ccn3ncc(C(=O)Nc4cn(C5CCC(C=O)CC5)nc4C(F)F)c3n2)CC1. The average Bonchev–Trinajstić information content (AvgIpc) is 3.56. The van der Waals surface area contributed by atoms with Gasteiger partial charge in [0.1, 0.15) is 23.3 Å². The first-order valence-corrected chi connectivity index (χ1v) is 13.7. The average molecular weight is 573 g/mol. The highest BCUT2D eigenvalue weighted by Crippen LogP contribution is 2.34. The number of amides is 2. The summed E-state index contributed by atoms with van der Waals surface area (Å²) < 4.78 is 36.1. The molecular formula is C27H34F2N8O4. The fourth-order valence-electron chi connectivity index (χ4n) is 5.18. The van der Waals surface area contributed by atoms with Crippen LogP contribution < -0.4 is 10.2 Å². The molecule has 0 bridgehead atoms. The molecule has 2 aliphatic rings. The van der Waals surface area contributed by atoms with Gasteiger partial charge in [-0.2, -0.15) is 10.2 Å². The summed E-state index contributed by atoms with van der Waals surface area (Å²) >= 11 is 0. The summed E-state index contributed by atoms with van der Waals surface area (Å²) in [5.74, 6) is -0.0502. The molecule has 12 nitrogen and oxygen atoms in total. The topological polar surface area (TPSA) is 127 Å². The van der Waals surface area contributed by atoms with Crippen LogP contribution in [0.3, 0.4) is 0 Å². The van der Waals surface area contributed by atoms with Gasteiger partial charge in [-0.05, 0) is 52.5 Å². The predicted octanol–water partition coefficient (Wildman–Crippen LogP) is 4.10. The maximum atomic E-state index is 13.8. The highest BCUT2D eigenvalue weighted by Gasteiger charge is 2.29. The minimum atomic E-state index is -2.88. The molecule has 1 aliphatic heterocycles. The van der Waals surface area contributed by atoms with Crippen LogP contribution in [0.5, 0.6) is 0 Å². The molecule has 1 aliphatic carbocycles. The summed E-state index contributed by atoms with van der Waals surface area (Å²) in [6.45, 7) is 7.40. The van der Waals surface area contributed by atoms with E-state index >= 15 is 0 Å². The van der Waals surface area contributed by atoms with Crippen LogP contribution >= 0.6 is 0 Å². The number of fused-ring (bicyclic) bond motifs is 1. The molecule has 1 saturated heterocycles. The lowest BCUT2D eigenvalue weighted by Gasteiger charge is -2.36. The third kappa shape index (κ3) is 6.30. The van der Waals surface area contributed by atoms with Gasteiger partial charge in [0.15, 0.2) is 11.3 Å². The second-order valence-corrected chi connectivity index (χ2v) is 11.4. The number of carbonyl (C=O) groups is 3. The van der Waals surface area contributed by atoms with E-state index in [0.29, 0.717) is 57.7 Å². The van der Waals surface area contributed by atoms with Gasteiger partial charge in [0.25, 0.3) is 12.3 Å². The van der Waals surface area contributed by atoms with Crippen molar-refractivity contribution < 1.29 is 27.9 Å². The number of rotatable bonds is 6. The number of anilines is 2. The molecule has 14 heteroatoms. The van der Waals surface area contributed by atoms with Gasteiger partial charge in [-0.1, -0.05) is 0 Å². The van der Waals surface area contributed by atoms with Crippen molar-refractivity contribution in [2.45, 2.75) is 64.5 Å². The van der Waals surface area contributed by atoms with Crippen LogP contribution in [0, 0.1) is 5.92 Å². The second-order valence-electron chi connectivity index (χ2n) is 11.4. The largest absolute Gasteiger partial charge is 0.444 e. The van der Waals surface area contributed by atoms with E-state index in [1.807, 2.05) is 25.7 Å². The van der Waals surface area contributed by atoms with Crippen LogP contribution in [0.4, 0.5) is 25.1 Å². The first kappa shape index (κ1) is 28.4. The van der Waals surface area contributed by atoms with Crippen molar-refractivity contribution >= 4 is 35.4 Å². The fourth-order valence-corrected chi connectivity index (χ4v) is 5.18. The predicted molar refractivity (Wildman–Crippen MR) is 145 cm³/mol. The minimum absolute atomic E-state index is 0.0163. The number of aromatic nitrogens is 5. The van der Waals surface area contributed by atoms with Crippen molar-refractivity contribution in [3.63, 3.8) is 0 Å². The van der Waals surface area contributed by atoms with Gasteiger partial charge in [0.05, 0.1) is 17.9 Å². The third-order valence-electron chi connectivity index (χ3n) is 7.38. The Kier molecular flexibility index (Phi) is 7.91. The maximum absolute atomic E-state index is 13.8. The number of alkyl halides is 2. The molecule has 4 heterocycles. The summed E-state index contributed by atoms with van der Waals surface area (Å²) in [5, 5.41) is 10.9. The van der Waals surface area contributed by atoms with Gasteiger partial charge >= 0.3 is 6.09 Å². The smallest absolute Gasteiger partial charge is 0.410 e. The molecule has 0 radical (unpaired) electrons. The Balaban J connectivity index is 1.30. The van der Waals surface area contributed by atoms with Crippen molar-refractivity contribution in [1.29, 1.82) is 0 Å². The molecule has 1 N–H and O–H groups in total. The normalized spacial score (nSPS) is 20.0. The lowest BCUT2D eigenvalue weighted by atomic mass is 9.87. The highest BCUT2D eigenvalue weighted by atomic mass is 19.3. The molecule has 1 saturated carbocycles. The van der Waals surface area contributed by atoms with Gasteiger partial charge in [0.2, 0.25) is 0 Å². The molecule has 3 aromatic rings. The first-order valence-electron chi connectivity index (χ1n) is 13.7. The zero-order valence-electron chi connectivity index (χ0n) is 23.3. The third-order valence-corrected chi connectivity index (χ3v) is 7.38. The number of carbonyl (C=O) groups excluding carboxylic acids is 3. The second kappa shape index (κ2) is 11.4. The quantitative estimate of drug-likeness (QED) is 0.438. The van der Waals surface area contributed by atoms with Crippen LogP contribution in [0.25, 0.3) is 5.65 Å². The molecule has 41 heavy (non-hydrogen) atoms. The number of hydrogen-bond acceptors (Lipinski definition) is 8. The maximum Gasteiger partial charge on any atom is 0.410 e. The molecule has 0 spiro atoms. The van der Waals surface area contributed by atoms with Gasteiger partial charge in [-0.25, -0.2) is 23.1 Å². The van der Waals surface area contributed by atoms with E-state index in [1.54, 1.807) is 17.2 Å². The molecule has 0 atom stereocenters. The Morgan fingerprint density at radius 3 is 2.46 bits per heavy atom. The van der Waals surface area contributed by atoms with E-state index in [9.17, 15) is 23.2 Å². The Morgan fingerprint density at radius 2 is 1.83 bits per heavy atom. The summed E-state index contributed by atoms with van der Waals surface area (Å²) in [4.78, 5) is 45.0. The zero-order valence-corrected chi connectivity index (χ0v) is 23.3. The summed E-state index contributed by atoms with van der Waals surface area (Å²) in [6, 6.07) is 1.65. The van der Waals surface area contributed by atoms with Crippen LogP contribution in [-0.2, 0) is 9.53 Å². The molecule has 0 aromatic carbocycles. The molecular weight excluding hydrogens is 538 g/mol. The van der Waals surface area contributed by atoms with E-state index in [1.165, 1.54) is 21.6 Å². The summed E-state index contributed by atoms with van der Waals surface area (Å²) in [5.41, 5.74) is -0.767. The molecule has 2 fully saturated rings. The van der Waals surface area contributed by atoms with E-state index in [4.69, 9.17) is 4.74 Å². The van der Waals surface area contributed by atoms with Crippen LogP contribution in [-0.4, -0.2) is 79.3 Å². The monoisotopic (exact) mass is 572 g/mol. The Morgan fingerprint density at radius 1 is 1.12 bits per heavy atom. The number of ether oxygens (including phenoxy) is 1. The van der Waals surface area contributed by atoms with E-state index < -0.39 is 23.6 Å². The van der Waals surface area contributed by atoms with Gasteiger partial charge < -0.3 is 24.6 Å². The van der Waals surface area contributed by atoms with Crippen molar-refractivity contribution in [3.05, 3.63) is 35.9 Å². The Labute approximate surface area is 235 Å². The minimum Gasteiger partial charge on any atom is -0.444 e. The number of nitrogens with zero attached hydrogens (tertiary/aromatic N) is 7. The molecule has 3 aromatic heterocycles. The summed E-state index contributed by atoms with van der Waals surface area (Å²) in [6.07, 6.45) is 4.78. The Bertz CT molecular complexity index is 1420. The van der Waals surface area contributed by atoms with Gasteiger partial charge in [-0.3, -0.25) is 9.48 Å². The van der Waals surface area contributed by atoms with Crippen molar-refractivity contribution in [1.82, 2.24) is 29.3 Å². The van der Waals surface area contributed by atoms with Crippen molar-refractivity contribution in [3.8, 4) is 0 Å². The van der Waals surface area contributed by atoms with Gasteiger partial charge in [0, 0.05) is 44.5 Å². The van der Waals surface area contributed by atoms with Crippen LogP contribution in [0.2, 0.25) is 0 Å². The molecule has 220 valence electrons. The number of piperazine rings is 1. The van der Waals surface area contributed by atoms with Crippen molar-refractivity contribution in [2.75, 3.05) is 36.4 Å². The van der Waals surface area contributed by atoms with Crippen LogP contribution in [0.15, 0.2) is 24.7 Å². The van der Waals surface area contributed by atoms with E-state index in [-0.39, 0.29) is 35.0 Å². The number of halogens is 2. The molecule has 0 unspecified atom stereocenters. The molecule has 2 amide bonds. The summed E-state index contributed by atoms with van der Waals surface area (Å²) in [7, 11) is 0. The number of aldehydes is 1. The van der Waals surface area contributed by atoms with Crippen LogP contribution in [0.1, 0.15) is 75.0 Å². The highest BCUT2D eigenvalue weighted by molar-refractivity contribution is 6.08. The lowest BCUT2D eigenvalue weighted by Crippen LogP contribution is -2.50. The van der Waals surface area contributed by atoms with E-state index in [2.05, 4.69) is 20.5 Å². The first-order chi connectivity index (χ1) is 19.5. The number of hydrogen-bond donors (Lipinski definition) is 1. The van der Waals surface area contributed by atoms with E-state index in [0.717, 1.165) is 6.29 Å². The Hall–Kier alpha value is -4.10. The van der Waals surface area contributed by atoms with Gasteiger partial charge in [-0.15, -0.1) is 0 Å². The fraction of sp³-hybridized carbons (Fsp3) is 0.556. The lowest BCUT2D eigenvalue weighted by molar-refractivity contribution is -0.112. The standard InChI is InChI=1S/C27H34F2N8O4/c1-27(2,3)41-26(40)35-12-10-34(11-13-35)21-8-9-36-24(32-21)19(14-30-36)25(39)31-20-15-37(33-22(20)23(28)29)18-6-4-17(16-38)5-7-18/h8-9,14-18,23H,4-7,10-13H2,1-3H3,(H,31,39). The number of nitrogens with one attached hydrogen (secondary N) is 1. The van der Waals surface area contributed by atoms with Crippen molar-refractivity contribution in [2.24, 2.45) is 5.92 Å². The molecule has 5 rings (SSSR count).